The molecule has 104 valence electrons. The lowest BCUT2D eigenvalue weighted by molar-refractivity contribution is 0.245. The molecule has 2 aromatic heterocycles. The average molecular weight is 289 g/mol. The number of ether oxygens (including phenoxy) is 1. The Morgan fingerprint density at radius 2 is 2.25 bits per heavy atom. The minimum atomic E-state index is 0.112. The van der Waals surface area contributed by atoms with E-state index in [1.807, 2.05) is 42.7 Å². The first-order valence-corrected chi connectivity index (χ1v) is 6.83. The molecule has 0 aliphatic carbocycles. The van der Waals surface area contributed by atoms with E-state index in [9.17, 15) is 0 Å². The molecule has 2 heterocycles. The molecule has 0 spiro atoms. The largest absolute Gasteiger partial charge is 0.489 e. The molecule has 0 radical (unpaired) electrons. The van der Waals surface area contributed by atoms with Crippen LogP contribution >= 0.6 is 12.2 Å². The first-order chi connectivity index (χ1) is 9.65. The summed E-state index contributed by atoms with van der Waals surface area (Å²) in [7, 11) is 0. The Morgan fingerprint density at radius 1 is 1.40 bits per heavy atom. The third kappa shape index (κ3) is 2.34. The van der Waals surface area contributed by atoms with Crippen molar-refractivity contribution < 1.29 is 9.26 Å². The van der Waals surface area contributed by atoms with Gasteiger partial charge in [-0.1, -0.05) is 11.2 Å². The fraction of sp³-hybridized carbons (Fsp3) is 0.286. The summed E-state index contributed by atoms with van der Waals surface area (Å²) in [6.07, 6.45) is 1.67. The van der Waals surface area contributed by atoms with Crippen LogP contribution in [0.4, 0.5) is 0 Å². The van der Waals surface area contributed by atoms with Gasteiger partial charge in [0.25, 0.3) is 0 Å². The van der Waals surface area contributed by atoms with Crippen molar-refractivity contribution in [1.82, 2.24) is 14.7 Å². The van der Waals surface area contributed by atoms with Crippen LogP contribution < -0.4 is 4.74 Å². The van der Waals surface area contributed by atoms with Crippen molar-refractivity contribution in [3.05, 3.63) is 41.0 Å². The van der Waals surface area contributed by atoms with Crippen molar-refractivity contribution >= 4 is 23.3 Å². The smallest absolute Gasteiger partial charge is 0.178 e. The highest BCUT2D eigenvalue weighted by Crippen LogP contribution is 2.26. The van der Waals surface area contributed by atoms with E-state index in [0.29, 0.717) is 11.3 Å². The Morgan fingerprint density at radius 3 is 2.95 bits per heavy atom. The lowest BCUT2D eigenvalue weighted by Gasteiger charge is -2.10. The van der Waals surface area contributed by atoms with Gasteiger partial charge in [-0.15, -0.1) is 0 Å². The Balaban J connectivity index is 2.09. The Bertz CT molecular complexity index is 771. The molecule has 0 saturated heterocycles. The van der Waals surface area contributed by atoms with Crippen molar-refractivity contribution in [2.45, 2.75) is 26.5 Å². The predicted molar refractivity (Wildman–Crippen MR) is 78.5 cm³/mol. The van der Waals surface area contributed by atoms with Gasteiger partial charge in [-0.2, -0.15) is 0 Å². The fourth-order valence-corrected chi connectivity index (χ4v) is 2.41. The van der Waals surface area contributed by atoms with Gasteiger partial charge < -0.3 is 18.8 Å². The molecule has 0 aliphatic heterocycles. The number of fused-ring (bicyclic) bond motifs is 1. The number of nitrogens with zero attached hydrogens (tertiary/aromatic N) is 2. The normalized spacial score (nSPS) is 11.3. The van der Waals surface area contributed by atoms with Crippen LogP contribution in [0.25, 0.3) is 11.0 Å². The number of rotatable bonds is 4. The van der Waals surface area contributed by atoms with Crippen molar-refractivity contribution in [2.24, 2.45) is 0 Å². The van der Waals surface area contributed by atoms with Crippen LogP contribution in [0.1, 0.15) is 19.5 Å². The zero-order chi connectivity index (χ0) is 14.1. The van der Waals surface area contributed by atoms with Gasteiger partial charge in [-0.3, -0.25) is 0 Å². The molecule has 0 bridgehead atoms. The molecule has 20 heavy (non-hydrogen) atoms. The van der Waals surface area contributed by atoms with E-state index in [-0.39, 0.29) is 6.10 Å². The lowest BCUT2D eigenvalue weighted by atomic mass is 10.3. The summed E-state index contributed by atoms with van der Waals surface area (Å²) in [5.74, 6) is 0.808. The molecule has 1 N–H and O–H groups in total. The lowest BCUT2D eigenvalue weighted by Crippen LogP contribution is -2.06. The van der Waals surface area contributed by atoms with Crippen LogP contribution in [-0.2, 0) is 6.54 Å². The van der Waals surface area contributed by atoms with Crippen molar-refractivity contribution in [1.29, 1.82) is 0 Å². The maximum absolute atomic E-state index is 5.81. The fourth-order valence-electron chi connectivity index (χ4n) is 2.14. The molecular weight excluding hydrogens is 274 g/mol. The van der Waals surface area contributed by atoms with E-state index < -0.39 is 0 Å². The summed E-state index contributed by atoms with van der Waals surface area (Å²) in [6, 6.07) is 7.74. The van der Waals surface area contributed by atoms with Crippen molar-refractivity contribution in [3.63, 3.8) is 0 Å². The van der Waals surface area contributed by atoms with Gasteiger partial charge in [0.1, 0.15) is 23.2 Å². The molecule has 0 saturated carbocycles. The zero-order valence-electron chi connectivity index (χ0n) is 11.3. The molecule has 3 aromatic rings. The minimum absolute atomic E-state index is 0.112. The standard InChI is InChI=1S/C14H15N3O2S/c1-9(2)19-12-5-3-4-11-13(12)15-14(20)17(11)8-10-6-7-18-16-10/h3-7,9H,8H2,1-2H3,(H,15,20). The van der Waals surface area contributed by atoms with Crippen LogP contribution in [0.15, 0.2) is 35.1 Å². The molecule has 0 amide bonds. The first-order valence-electron chi connectivity index (χ1n) is 6.42. The van der Waals surface area contributed by atoms with Crippen LogP contribution in [0.2, 0.25) is 0 Å². The number of imidazole rings is 1. The highest BCUT2D eigenvalue weighted by molar-refractivity contribution is 7.71. The van der Waals surface area contributed by atoms with Gasteiger partial charge in [-0.25, -0.2) is 0 Å². The molecule has 3 rings (SSSR count). The number of para-hydroxylation sites is 1. The molecule has 0 atom stereocenters. The maximum atomic E-state index is 5.81. The van der Waals surface area contributed by atoms with Crippen LogP contribution in [-0.4, -0.2) is 20.8 Å². The van der Waals surface area contributed by atoms with E-state index in [4.69, 9.17) is 21.5 Å². The second-order valence-electron chi connectivity index (χ2n) is 4.82. The summed E-state index contributed by atoms with van der Waals surface area (Å²) in [6.45, 7) is 4.57. The van der Waals surface area contributed by atoms with E-state index in [2.05, 4.69) is 10.1 Å². The van der Waals surface area contributed by atoms with Gasteiger partial charge in [0.05, 0.1) is 18.2 Å². The maximum Gasteiger partial charge on any atom is 0.178 e. The van der Waals surface area contributed by atoms with Crippen molar-refractivity contribution in [3.8, 4) is 5.75 Å². The first kappa shape index (κ1) is 12.9. The van der Waals surface area contributed by atoms with E-state index >= 15 is 0 Å². The van der Waals surface area contributed by atoms with Gasteiger partial charge >= 0.3 is 0 Å². The number of benzene rings is 1. The second kappa shape index (κ2) is 5.13. The summed E-state index contributed by atoms with van der Waals surface area (Å²) in [4.78, 5) is 3.21. The SMILES string of the molecule is CC(C)Oc1cccc2c1[nH]c(=S)n2Cc1ccon1. The number of aromatic amines is 1. The Labute approximate surface area is 121 Å². The van der Waals surface area contributed by atoms with Gasteiger partial charge in [0, 0.05) is 6.07 Å². The van der Waals surface area contributed by atoms with Gasteiger partial charge in [0.2, 0.25) is 0 Å². The number of H-pyrrole nitrogens is 1. The van der Waals surface area contributed by atoms with Crippen LogP contribution in [0.5, 0.6) is 5.75 Å². The molecular formula is C14H15N3O2S. The van der Waals surface area contributed by atoms with E-state index in [1.54, 1.807) is 6.26 Å². The minimum Gasteiger partial charge on any atom is -0.489 e. The van der Waals surface area contributed by atoms with E-state index in [0.717, 1.165) is 22.5 Å². The summed E-state index contributed by atoms with van der Waals surface area (Å²) in [5, 5.41) is 3.92. The van der Waals surface area contributed by atoms with E-state index in [1.165, 1.54) is 0 Å². The second-order valence-corrected chi connectivity index (χ2v) is 5.21. The van der Waals surface area contributed by atoms with Gasteiger partial charge in [0.15, 0.2) is 4.77 Å². The van der Waals surface area contributed by atoms with Crippen LogP contribution in [0.3, 0.4) is 0 Å². The predicted octanol–water partition coefficient (Wildman–Crippen LogP) is 3.52. The number of hydrogen-bond donors (Lipinski definition) is 1. The van der Waals surface area contributed by atoms with Crippen molar-refractivity contribution in [2.75, 3.05) is 0 Å². The number of nitrogens with one attached hydrogen (secondary N) is 1. The third-order valence-corrected chi connectivity index (χ3v) is 3.27. The molecule has 6 heteroatoms. The quantitative estimate of drug-likeness (QED) is 0.747. The summed E-state index contributed by atoms with van der Waals surface area (Å²) < 4.78 is 13.3. The number of aromatic nitrogens is 3. The molecule has 5 nitrogen and oxygen atoms in total. The summed E-state index contributed by atoms with van der Waals surface area (Å²) >= 11 is 5.39. The Hall–Kier alpha value is -2.08. The molecule has 1 aromatic carbocycles. The summed E-state index contributed by atoms with van der Waals surface area (Å²) in [5.41, 5.74) is 2.74. The molecule has 0 aliphatic rings. The highest BCUT2D eigenvalue weighted by atomic mass is 32.1. The monoisotopic (exact) mass is 289 g/mol. The topological polar surface area (TPSA) is 56.0 Å². The average Bonchev–Trinajstić information content (AvgIpc) is 3.00. The van der Waals surface area contributed by atoms with Gasteiger partial charge in [-0.05, 0) is 38.2 Å². The zero-order valence-corrected chi connectivity index (χ0v) is 12.1. The Kier molecular flexibility index (Phi) is 3.31. The third-order valence-electron chi connectivity index (χ3n) is 2.95. The van der Waals surface area contributed by atoms with Crippen LogP contribution in [0, 0.1) is 4.77 Å². The molecule has 0 unspecified atom stereocenters. The highest BCUT2D eigenvalue weighted by Gasteiger charge is 2.11. The molecule has 0 fully saturated rings. The number of hydrogen-bond acceptors (Lipinski definition) is 4.